The van der Waals surface area contributed by atoms with Gasteiger partial charge in [0, 0.05) is 26.1 Å². The third-order valence-corrected chi connectivity index (χ3v) is 6.16. The van der Waals surface area contributed by atoms with Gasteiger partial charge in [0.15, 0.2) is 0 Å². The van der Waals surface area contributed by atoms with Crippen molar-refractivity contribution in [1.82, 2.24) is 10.2 Å². The van der Waals surface area contributed by atoms with Gasteiger partial charge >= 0.3 is 12.4 Å². The molecule has 1 N–H and O–H groups in total. The zero-order chi connectivity index (χ0) is 26.8. The zero-order valence-electron chi connectivity index (χ0n) is 19.4. The second-order valence-electron chi connectivity index (χ2n) is 8.83. The molecule has 10 heteroatoms. The van der Waals surface area contributed by atoms with Crippen LogP contribution in [0.2, 0.25) is 0 Å². The summed E-state index contributed by atoms with van der Waals surface area (Å²) in [5.41, 5.74) is -0.461. The van der Waals surface area contributed by atoms with Gasteiger partial charge in [-0.3, -0.25) is 9.59 Å². The smallest absolute Gasteiger partial charge is 0.352 e. The summed E-state index contributed by atoms with van der Waals surface area (Å²) in [6.07, 6.45) is -10.1. The number of alkyl halides is 6. The van der Waals surface area contributed by atoms with Crippen LogP contribution in [0, 0.1) is 5.92 Å². The molecule has 37 heavy (non-hydrogen) atoms. The maximum atomic E-state index is 13.2. The minimum absolute atomic E-state index is 0.0405. The summed E-state index contributed by atoms with van der Waals surface area (Å²) in [6, 6.07) is 18.3. The Hall–Kier alpha value is -3.82. The van der Waals surface area contributed by atoms with E-state index in [2.05, 4.69) is 5.32 Å². The predicted octanol–water partition coefficient (Wildman–Crippen LogP) is 6.06. The van der Waals surface area contributed by atoms with Crippen molar-refractivity contribution in [2.75, 3.05) is 6.54 Å². The molecule has 0 aliphatic carbocycles. The maximum Gasteiger partial charge on any atom is 0.416 e. The molecule has 194 valence electrons. The molecule has 1 aliphatic heterocycles. The quantitative estimate of drug-likeness (QED) is 0.402. The summed E-state index contributed by atoms with van der Waals surface area (Å²) < 4.78 is 78.9. The Balaban J connectivity index is 1.44. The van der Waals surface area contributed by atoms with Gasteiger partial charge < -0.3 is 10.2 Å². The Kier molecular flexibility index (Phi) is 7.29. The molecule has 3 aromatic rings. The second-order valence-corrected chi connectivity index (χ2v) is 8.83. The zero-order valence-corrected chi connectivity index (χ0v) is 19.4. The summed E-state index contributed by atoms with van der Waals surface area (Å²) in [5, 5.41) is 2.80. The van der Waals surface area contributed by atoms with E-state index < -0.39 is 47.8 Å². The van der Waals surface area contributed by atoms with Crippen molar-refractivity contribution < 1.29 is 35.9 Å². The Morgan fingerprint density at radius 3 is 2.08 bits per heavy atom. The van der Waals surface area contributed by atoms with Crippen LogP contribution in [0.4, 0.5) is 26.3 Å². The molecule has 1 heterocycles. The fraction of sp³-hybridized carbons (Fsp3) is 0.259. The first-order chi connectivity index (χ1) is 17.4. The summed E-state index contributed by atoms with van der Waals surface area (Å²) in [6.45, 7) is -0.383. The molecule has 3 aromatic carbocycles. The van der Waals surface area contributed by atoms with Gasteiger partial charge in [0.25, 0.3) is 0 Å². The lowest BCUT2D eigenvalue weighted by molar-refractivity contribution is -0.143. The highest BCUT2D eigenvalue weighted by Crippen LogP contribution is 2.37. The van der Waals surface area contributed by atoms with Gasteiger partial charge in [0.05, 0.1) is 17.0 Å². The minimum Gasteiger partial charge on any atom is -0.352 e. The second kappa shape index (κ2) is 10.3. The third-order valence-electron chi connectivity index (χ3n) is 6.16. The van der Waals surface area contributed by atoms with Crippen molar-refractivity contribution in [2.24, 2.45) is 5.92 Å². The van der Waals surface area contributed by atoms with Crippen molar-refractivity contribution in [3.8, 4) is 11.1 Å². The van der Waals surface area contributed by atoms with Crippen LogP contribution in [0.15, 0.2) is 72.8 Å². The molecule has 0 aromatic heterocycles. The fourth-order valence-corrected chi connectivity index (χ4v) is 4.33. The molecule has 1 aliphatic rings. The molecule has 0 radical (unpaired) electrons. The van der Waals surface area contributed by atoms with Gasteiger partial charge in [-0.25, -0.2) is 0 Å². The number of nitrogens with one attached hydrogen (secondary N) is 1. The average molecular weight is 520 g/mol. The molecule has 1 atom stereocenters. The highest BCUT2D eigenvalue weighted by Gasteiger charge is 2.38. The Morgan fingerprint density at radius 1 is 0.865 bits per heavy atom. The largest absolute Gasteiger partial charge is 0.416 e. The summed E-state index contributed by atoms with van der Waals surface area (Å²) in [7, 11) is 0. The van der Waals surface area contributed by atoms with Crippen LogP contribution in [-0.4, -0.2) is 23.3 Å². The SMILES string of the molecule is O=C(NCc1ccccc1-c1ccccc1)C1CC(=O)N(Cc2cc(C(F)(F)F)cc(C(F)(F)F)c2)C1. The van der Waals surface area contributed by atoms with Crippen LogP contribution in [0.1, 0.15) is 28.7 Å². The Bertz CT molecular complexity index is 1260. The van der Waals surface area contributed by atoms with E-state index in [0.29, 0.717) is 12.1 Å². The Labute approximate surface area is 208 Å². The number of benzene rings is 3. The van der Waals surface area contributed by atoms with Crippen LogP contribution in [0.25, 0.3) is 11.1 Å². The average Bonchev–Trinajstić information content (AvgIpc) is 3.22. The van der Waals surface area contributed by atoms with Gasteiger partial charge in [0.2, 0.25) is 11.8 Å². The molecule has 1 fully saturated rings. The number of amides is 2. The monoisotopic (exact) mass is 520 g/mol. The van der Waals surface area contributed by atoms with E-state index in [1.54, 1.807) is 0 Å². The van der Waals surface area contributed by atoms with E-state index >= 15 is 0 Å². The van der Waals surface area contributed by atoms with Gasteiger partial charge in [-0.05, 0) is 40.5 Å². The third kappa shape index (κ3) is 6.31. The fourth-order valence-electron chi connectivity index (χ4n) is 4.33. The number of rotatable bonds is 6. The van der Waals surface area contributed by atoms with Crippen LogP contribution in [0.3, 0.4) is 0 Å². The molecule has 1 saturated heterocycles. The van der Waals surface area contributed by atoms with E-state index in [1.807, 2.05) is 54.6 Å². The van der Waals surface area contributed by atoms with Crippen LogP contribution < -0.4 is 5.32 Å². The molecule has 1 unspecified atom stereocenters. The first-order valence-corrected chi connectivity index (χ1v) is 11.4. The van der Waals surface area contributed by atoms with Crippen LogP contribution >= 0.6 is 0 Å². The number of carbonyl (C=O) groups is 2. The first-order valence-electron chi connectivity index (χ1n) is 11.4. The predicted molar refractivity (Wildman–Crippen MR) is 124 cm³/mol. The highest BCUT2D eigenvalue weighted by atomic mass is 19.4. The van der Waals surface area contributed by atoms with Crippen molar-refractivity contribution in [3.05, 3.63) is 95.1 Å². The molecular formula is C27H22F6N2O2. The standard InChI is InChI=1S/C27H22F6N2O2/c28-26(29,30)21-10-17(11-22(13-21)27(31,32)33)15-35-16-20(12-24(35)36)25(37)34-14-19-8-4-5-9-23(19)18-6-2-1-3-7-18/h1-11,13,20H,12,14-16H2,(H,34,37). The number of halogens is 6. The van der Waals surface area contributed by atoms with E-state index in [0.717, 1.165) is 21.6 Å². The van der Waals surface area contributed by atoms with E-state index in [4.69, 9.17) is 0 Å². The lowest BCUT2D eigenvalue weighted by Crippen LogP contribution is -2.32. The topological polar surface area (TPSA) is 49.4 Å². The van der Waals surface area contributed by atoms with Gasteiger partial charge in [-0.1, -0.05) is 54.6 Å². The molecule has 4 rings (SSSR count). The summed E-state index contributed by atoms with van der Waals surface area (Å²) in [5.74, 6) is -1.71. The van der Waals surface area contributed by atoms with Crippen molar-refractivity contribution in [3.63, 3.8) is 0 Å². The first kappa shape index (κ1) is 26.2. The lowest BCUT2D eigenvalue weighted by Gasteiger charge is -2.19. The van der Waals surface area contributed by atoms with Crippen LogP contribution in [0.5, 0.6) is 0 Å². The molecule has 2 amide bonds. The van der Waals surface area contributed by atoms with Crippen molar-refractivity contribution in [1.29, 1.82) is 0 Å². The highest BCUT2D eigenvalue weighted by molar-refractivity contribution is 5.89. The normalized spacial score (nSPS) is 16.2. The number of nitrogens with zero attached hydrogens (tertiary/aromatic N) is 1. The molecule has 0 bridgehead atoms. The van der Waals surface area contributed by atoms with E-state index in [9.17, 15) is 35.9 Å². The summed E-state index contributed by atoms with van der Waals surface area (Å²) in [4.78, 5) is 26.4. The van der Waals surface area contributed by atoms with Gasteiger partial charge in [0.1, 0.15) is 0 Å². The number of carbonyl (C=O) groups excluding carboxylic acids is 2. The number of hydrogen-bond donors (Lipinski definition) is 1. The minimum atomic E-state index is -4.98. The summed E-state index contributed by atoms with van der Waals surface area (Å²) >= 11 is 0. The molecule has 0 saturated carbocycles. The van der Waals surface area contributed by atoms with E-state index in [-0.39, 0.29) is 31.1 Å². The number of hydrogen-bond acceptors (Lipinski definition) is 2. The molecule has 0 spiro atoms. The van der Waals surface area contributed by atoms with Crippen LogP contribution in [-0.2, 0) is 35.0 Å². The molecular weight excluding hydrogens is 498 g/mol. The van der Waals surface area contributed by atoms with Crippen molar-refractivity contribution in [2.45, 2.75) is 31.9 Å². The van der Waals surface area contributed by atoms with E-state index in [1.165, 1.54) is 0 Å². The van der Waals surface area contributed by atoms with Gasteiger partial charge in [-0.15, -0.1) is 0 Å². The van der Waals surface area contributed by atoms with Crippen molar-refractivity contribution >= 4 is 11.8 Å². The molecule has 4 nitrogen and oxygen atoms in total. The maximum absolute atomic E-state index is 13.2. The number of likely N-dealkylation sites (tertiary alicyclic amines) is 1. The van der Waals surface area contributed by atoms with Gasteiger partial charge in [-0.2, -0.15) is 26.3 Å². The lowest BCUT2D eigenvalue weighted by atomic mass is 9.99. The Morgan fingerprint density at radius 2 is 1.46 bits per heavy atom.